The van der Waals surface area contributed by atoms with E-state index in [0.29, 0.717) is 5.56 Å². The number of halogens is 2. The van der Waals surface area contributed by atoms with Crippen LogP contribution in [0.3, 0.4) is 0 Å². The normalized spacial score (nSPS) is 10.8. The Kier molecular flexibility index (Phi) is 2.26. The van der Waals surface area contributed by atoms with Crippen LogP contribution < -0.4 is 0 Å². The van der Waals surface area contributed by atoms with Gasteiger partial charge in [-0.15, -0.1) is 0 Å². The highest BCUT2D eigenvalue weighted by Crippen LogP contribution is 2.28. The van der Waals surface area contributed by atoms with Crippen LogP contribution in [-0.4, -0.2) is 10.2 Å². The maximum absolute atomic E-state index is 12.5. The summed E-state index contributed by atoms with van der Waals surface area (Å²) in [6.07, 6.45) is -1.11. The molecule has 0 aliphatic rings. The third kappa shape index (κ3) is 1.51. The van der Waals surface area contributed by atoms with Gasteiger partial charge in [-0.3, -0.25) is 5.10 Å². The molecule has 0 fully saturated rings. The fourth-order valence-electron chi connectivity index (χ4n) is 1.31. The molecule has 0 unspecified atom stereocenters. The van der Waals surface area contributed by atoms with Crippen molar-refractivity contribution in [2.75, 3.05) is 0 Å². The summed E-state index contributed by atoms with van der Waals surface area (Å²) < 4.78 is 25.0. The number of H-pyrrole nitrogens is 1. The lowest BCUT2D eigenvalue weighted by molar-refractivity contribution is 0.146. The standard InChI is InChI=1S/C10H8F2N2/c11-10(12)9-8(6-13-14-9)7-4-2-1-3-5-7/h1-6,10H,(H,13,14). The van der Waals surface area contributed by atoms with E-state index in [1.165, 1.54) is 6.20 Å². The second kappa shape index (κ2) is 3.57. The Morgan fingerprint density at radius 1 is 1.14 bits per heavy atom. The molecule has 0 saturated carbocycles. The summed E-state index contributed by atoms with van der Waals surface area (Å²) in [4.78, 5) is 0. The van der Waals surface area contributed by atoms with Crippen LogP contribution in [0.4, 0.5) is 8.78 Å². The first-order chi connectivity index (χ1) is 6.79. The average molecular weight is 194 g/mol. The van der Waals surface area contributed by atoms with Gasteiger partial charge in [0, 0.05) is 5.56 Å². The van der Waals surface area contributed by atoms with Gasteiger partial charge in [0.2, 0.25) is 0 Å². The van der Waals surface area contributed by atoms with Gasteiger partial charge in [0.25, 0.3) is 6.43 Å². The molecular formula is C10H8F2N2. The maximum atomic E-state index is 12.5. The zero-order chi connectivity index (χ0) is 9.97. The number of hydrogen-bond donors (Lipinski definition) is 1. The number of aromatic amines is 1. The van der Waals surface area contributed by atoms with Gasteiger partial charge in [0.1, 0.15) is 5.69 Å². The Hall–Kier alpha value is -1.71. The fourth-order valence-corrected chi connectivity index (χ4v) is 1.31. The quantitative estimate of drug-likeness (QED) is 0.782. The van der Waals surface area contributed by atoms with Gasteiger partial charge in [0.15, 0.2) is 0 Å². The second-order valence-corrected chi connectivity index (χ2v) is 2.86. The number of nitrogens with one attached hydrogen (secondary N) is 1. The van der Waals surface area contributed by atoms with Crippen molar-refractivity contribution in [3.8, 4) is 11.1 Å². The Morgan fingerprint density at radius 2 is 1.86 bits per heavy atom. The lowest BCUT2D eigenvalue weighted by Crippen LogP contribution is -1.87. The number of benzene rings is 1. The van der Waals surface area contributed by atoms with E-state index in [-0.39, 0.29) is 5.69 Å². The van der Waals surface area contributed by atoms with Crippen LogP contribution >= 0.6 is 0 Å². The minimum Gasteiger partial charge on any atom is -0.276 e. The lowest BCUT2D eigenvalue weighted by atomic mass is 10.1. The number of rotatable bonds is 2. The smallest absolute Gasteiger partial charge is 0.276 e. The largest absolute Gasteiger partial charge is 0.280 e. The molecule has 0 atom stereocenters. The van der Waals surface area contributed by atoms with Crippen LogP contribution in [0.25, 0.3) is 11.1 Å². The van der Waals surface area contributed by atoms with Crippen molar-refractivity contribution in [1.29, 1.82) is 0 Å². The molecule has 72 valence electrons. The van der Waals surface area contributed by atoms with Gasteiger partial charge in [0.05, 0.1) is 6.20 Å². The molecule has 2 nitrogen and oxygen atoms in total. The molecule has 0 aliphatic carbocycles. The highest BCUT2D eigenvalue weighted by Gasteiger charge is 2.15. The first kappa shape index (κ1) is 8.87. The fraction of sp³-hybridized carbons (Fsp3) is 0.100. The molecule has 0 spiro atoms. The summed E-state index contributed by atoms with van der Waals surface area (Å²) in [7, 11) is 0. The Bertz CT molecular complexity index is 409. The molecule has 14 heavy (non-hydrogen) atoms. The Labute approximate surface area is 79.6 Å². The highest BCUT2D eigenvalue weighted by atomic mass is 19.3. The zero-order valence-electron chi connectivity index (χ0n) is 7.24. The predicted octanol–water partition coefficient (Wildman–Crippen LogP) is 3.01. The van der Waals surface area contributed by atoms with E-state index in [1.807, 2.05) is 6.07 Å². The van der Waals surface area contributed by atoms with Crippen LogP contribution in [0.2, 0.25) is 0 Å². The summed E-state index contributed by atoms with van der Waals surface area (Å²) in [6.45, 7) is 0. The second-order valence-electron chi connectivity index (χ2n) is 2.86. The summed E-state index contributed by atoms with van der Waals surface area (Å²) in [6, 6.07) is 8.99. The minimum absolute atomic E-state index is 0.129. The van der Waals surface area contributed by atoms with Crippen molar-refractivity contribution < 1.29 is 8.78 Å². The van der Waals surface area contributed by atoms with Crippen LogP contribution in [0.5, 0.6) is 0 Å². The summed E-state index contributed by atoms with van der Waals surface area (Å²) in [5, 5.41) is 5.92. The van der Waals surface area contributed by atoms with E-state index >= 15 is 0 Å². The van der Waals surface area contributed by atoms with Crippen molar-refractivity contribution in [2.24, 2.45) is 0 Å². The van der Waals surface area contributed by atoms with Gasteiger partial charge in [-0.1, -0.05) is 30.3 Å². The maximum Gasteiger partial charge on any atom is 0.280 e. The first-order valence-corrected chi connectivity index (χ1v) is 4.16. The molecule has 2 rings (SSSR count). The molecule has 0 amide bonds. The monoisotopic (exact) mass is 194 g/mol. The molecule has 0 saturated heterocycles. The summed E-state index contributed by atoms with van der Waals surface area (Å²) in [5.41, 5.74) is 1.08. The SMILES string of the molecule is FC(F)c1[nH]ncc1-c1ccccc1. The number of aromatic nitrogens is 2. The Morgan fingerprint density at radius 3 is 2.50 bits per heavy atom. The van der Waals surface area contributed by atoms with Crippen LogP contribution in [0, 0.1) is 0 Å². The molecule has 0 bridgehead atoms. The Balaban J connectivity index is 2.47. The highest BCUT2D eigenvalue weighted by molar-refractivity contribution is 5.65. The van der Waals surface area contributed by atoms with Crippen molar-refractivity contribution in [2.45, 2.75) is 6.43 Å². The van der Waals surface area contributed by atoms with Gasteiger partial charge in [-0.25, -0.2) is 8.78 Å². The van der Waals surface area contributed by atoms with Crippen LogP contribution in [0.1, 0.15) is 12.1 Å². The third-order valence-electron chi connectivity index (χ3n) is 1.97. The third-order valence-corrected chi connectivity index (χ3v) is 1.97. The van der Waals surface area contributed by atoms with Gasteiger partial charge in [-0.05, 0) is 5.56 Å². The summed E-state index contributed by atoms with van der Waals surface area (Å²) in [5.74, 6) is 0. The molecule has 0 radical (unpaired) electrons. The van der Waals surface area contributed by atoms with Gasteiger partial charge in [-0.2, -0.15) is 5.10 Å². The zero-order valence-corrected chi connectivity index (χ0v) is 7.24. The molecule has 1 N–H and O–H groups in total. The van der Waals surface area contributed by atoms with Gasteiger partial charge >= 0.3 is 0 Å². The van der Waals surface area contributed by atoms with Crippen molar-refractivity contribution >= 4 is 0 Å². The number of hydrogen-bond acceptors (Lipinski definition) is 1. The molecule has 1 aromatic heterocycles. The number of alkyl halides is 2. The van der Waals surface area contributed by atoms with Crippen molar-refractivity contribution in [3.05, 3.63) is 42.2 Å². The number of nitrogens with zero attached hydrogens (tertiary/aromatic N) is 1. The summed E-state index contributed by atoms with van der Waals surface area (Å²) >= 11 is 0. The molecule has 4 heteroatoms. The molecule has 2 aromatic rings. The van der Waals surface area contributed by atoms with E-state index in [1.54, 1.807) is 24.3 Å². The van der Waals surface area contributed by atoms with E-state index in [9.17, 15) is 8.78 Å². The minimum atomic E-state index is -2.52. The van der Waals surface area contributed by atoms with Crippen LogP contribution in [-0.2, 0) is 0 Å². The predicted molar refractivity (Wildman–Crippen MR) is 49.0 cm³/mol. The van der Waals surface area contributed by atoms with Crippen LogP contribution in [0.15, 0.2) is 36.5 Å². The molecule has 1 aromatic carbocycles. The van der Waals surface area contributed by atoms with Crippen molar-refractivity contribution in [1.82, 2.24) is 10.2 Å². The van der Waals surface area contributed by atoms with Crippen molar-refractivity contribution in [3.63, 3.8) is 0 Å². The van der Waals surface area contributed by atoms with E-state index in [2.05, 4.69) is 10.2 Å². The van der Waals surface area contributed by atoms with Gasteiger partial charge < -0.3 is 0 Å². The topological polar surface area (TPSA) is 28.7 Å². The van der Waals surface area contributed by atoms with E-state index < -0.39 is 6.43 Å². The first-order valence-electron chi connectivity index (χ1n) is 4.16. The molecule has 1 heterocycles. The molecule has 0 aliphatic heterocycles. The lowest BCUT2D eigenvalue weighted by Gasteiger charge is -2.00. The van der Waals surface area contributed by atoms with E-state index in [0.717, 1.165) is 5.56 Å². The molecular weight excluding hydrogens is 186 g/mol. The van der Waals surface area contributed by atoms with E-state index in [4.69, 9.17) is 0 Å². The average Bonchev–Trinajstić information content (AvgIpc) is 2.67.